The second-order valence-corrected chi connectivity index (χ2v) is 5.12. The van der Waals surface area contributed by atoms with Gasteiger partial charge in [-0.15, -0.1) is 0 Å². The van der Waals surface area contributed by atoms with E-state index in [-0.39, 0.29) is 17.9 Å². The van der Waals surface area contributed by atoms with Crippen LogP contribution in [-0.4, -0.2) is 30.1 Å². The third-order valence-electron chi connectivity index (χ3n) is 2.67. The molecule has 1 unspecified atom stereocenters. The second-order valence-electron chi connectivity index (χ2n) is 4.73. The van der Waals surface area contributed by atoms with Crippen LogP contribution in [0.25, 0.3) is 0 Å². The molecule has 1 atom stereocenters. The third-order valence-corrected chi connectivity index (χ3v) is 2.86. The van der Waals surface area contributed by atoms with E-state index in [9.17, 15) is 4.79 Å². The molecule has 1 heterocycles. The number of hydrogen-bond donors (Lipinski definition) is 1. The molecule has 1 aromatic heterocycles. The highest BCUT2D eigenvalue weighted by atomic mass is 35.5. The molecule has 0 saturated carbocycles. The van der Waals surface area contributed by atoms with E-state index in [2.05, 4.69) is 10.3 Å². The SMILES string of the molecule is CCOC(C)CNC(=O)c1cc(Cl)nc(C(C)C)c1. The molecular formula is C14H21ClN2O2. The maximum atomic E-state index is 12.0. The predicted octanol–water partition coefficient (Wildman–Crippen LogP) is 3.01. The fraction of sp³-hybridized carbons (Fsp3) is 0.571. The molecule has 0 fully saturated rings. The topological polar surface area (TPSA) is 51.2 Å². The first-order valence-electron chi connectivity index (χ1n) is 6.51. The van der Waals surface area contributed by atoms with Crippen molar-refractivity contribution in [2.45, 2.75) is 39.7 Å². The summed E-state index contributed by atoms with van der Waals surface area (Å²) in [6, 6.07) is 3.35. The van der Waals surface area contributed by atoms with E-state index >= 15 is 0 Å². The van der Waals surface area contributed by atoms with Crippen molar-refractivity contribution in [3.8, 4) is 0 Å². The van der Waals surface area contributed by atoms with Crippen LogP contribution in [0.3, 0.4) is 0 Å². The van der Waals surface area contributed by atoms with Gasteiger partial charge in [0.25, 0.3) is 5.91 Å². The average Bonchev–Trinajstić information content (AvgIpc) is 2.35. The molecule has 0 radical (unpaired) electrons. The Morgan fingerprint density at radius 1 is 1.42 bits per heavy atom. The van der Waals surface area contributed by atoms with Crippen molar-refractivity contribution in [3.63, 3.8) is 0 Å². The molecule has 1 rings (SSSR count). The van der Waals surface area contributed by atoms with Gasteiger partial charge in [-0.2, -0.15) is 0 Å². The Bertz CT molecular complexity index is 435. The summed E-state index contributed by atoms with van der Waals surface area (Å²) < 4.78 is 5.36. The van der Waals surface area contributed by atoms with E-state index in [1.165, 1.54) is 0 Å². The molecule has 0 bridgehead atoms. The average molecular weight is 285 g/mol. The van der Waals surface area contributed by atoms with Gasteiger partial charge in [0.05, 0.1) is 6.10 Å². The molecule has 0 saturated heterocycles. The molecule has 106 valence electrons. The number of rotatable bonds is 6. The number of carbonyl (C=O) groups excluding carboxylic acids is 1. The van der Waals surface area contributed by atoms with Crippen molar-refractivity contribution in [3.05, 3.63) is 28.5 Å². The highest BCUT2D eigenvalue weighted by molar-refractivity contribution is 6.29. The highest BCUT2D eigenvalue weighted by Gasteiger charge is 2.12. The number of nitrogens with one attached hydrogen (secondary N) is 1. The predicted molar refractivity (Wildman–Crippen MR) is 76.8 cm³/mol. The van der Waals surface area contributed by atoms with Crippen LogP contribution >= 0.6 is 11.6 Å². The summed E-state index contributed by atoms with van der Waals surface area (Å²) in [5.74, 6) is 0.0744. The first-order chi connectivity index (χ1) is 8.93. The number of halogens is 1. The summed E-state index contributed by atoms with van der Waals surface area (Å²) in [6.45, 7) is 8.98. The van der Waals surface area contributed by atoms with Crippen LogP contribution in [0.1, 0.15) is 49.7 Å². The molecule has 0 aliphatic rings. The highest BCUT2D eigenvalue weighted by Crippen LogP contribution is 2.17. The zero-order valence-electron chi connectivity index (χ0n) is 11.9. The van der Waals surface area contributed by atoms with Crippen LogP contribution in [0, 0.1) is 0 Å². The second kappa shape index (κ2) is 7.46. The van der Waals surface area contributed by atoms with Gasteiger partial charge in [0.2, 0.25) is 0 Å². The summed E-state index contributed by atoms with van der Waals surface area (Å²) in [4.78, 5) is 16.2. The lowest BCUT2D eigenvalue weighted by molar-refractivity contribution is 0.0695. The zero-order chi connectivity index (χ0) is 14.4. The Kier molecular flexibility index (Phi) is 6.25. The van der Waals surface area contributed by atoms with E-state index in [4.69, 9.17) is 16.3 Å². The molecule has 19 heavy (non-hydrogen) atoms. The standard InChI is InChI=1S/C14H21ClN2O2/c1-5-19-10(4)8-16-14(18)11-6-12(9(2)3)17-13(15)7-11/h6-7,9-10H,5,8H2,1-4H3,(H,16,18). The summed E-state index contributed by atoms with van der Waals surface area (Å²) in [6.07, 6.45) is -0.00386. The fourth-order valence-electron chi connectivity index (χ4n) is 1.63. The molecule has 1 aromatic rings. The molecule has 1 N–H and O–H groups in total. The van der Waals surface area contributed by atoms with Gasteiger partial charge in [0.15, 0.2) is 0 Å². The molecule has 0 aromatic carbocycles. The smallest absolute Gasteiger partial charge is 0.251 e. The van der Waals surface area contributed by atoms with E-state index in [0.717, 1.165) is 5.69 Å². The van der Waals surface area contributed by atoms with Crippen LogP contribution in [0.4, 0.5) is 0 Å². The van der Waals surface area contributed by atoms with Crippen LogP contribution in [0.15, 0.2) is 12.1 Å². The summed E-state index contributed by atoms with van der Waals surface area (Å²) in [5, 5.41) is 3.17. The van der Waals surface area contributed by atoms with E-state index in [0.29, 0.717) is 23.9 Å². The normalized spacial score (nSPS) is 12.5. The van der Waals surface area contributed by atoms with Gasteiger partial charge in [-0.1, -0.05) is 25.4 Å². The molecule has 1 amide bonds. The van der Waals surface area contributed by atoms with E-state index < -0.39 is 0 Å². The fourth-order valence-corrected chi connectivity index (χ4v) is 1.84. The van der Waals surface area contributed by atoms with Crippen molar-refractivity contribution in [2.24, 2.45) is 0 Å². The number of nitrogens with zero attached hydrogens (tertiary/aromatic N) is 1. The van der Waals surface area contributed by atoms with E-state index in [1.807, 2.05) is 27.7 Å². The minimum Gasteiger partial charge on any atom is -0.377 e. The van der Waals surface area contributed by atoms with Crippen molar-refractivity contribution >= 4 is 17.5 Å². The summed E-state index contributed by atoms with van der Waals surface area (Å²) in [7, 11) is 0. The minimum atomic E-state index is -0.155. The van der Waals surface area contributed by atoms with Gasteiger partial charge in [-0.25, -0.2) is 4.98 Å². The first-order valence-corrected chi connectivity index (χ1v) is 6.89. The maximum Gasteiger partial charge on any atom is 0.251 e. The number of ether oxygens (including phenoxy) is 1. The lowest BCUT2D eigenvalue weighted by Crippen LogP contribution is -2.32. The quantitative estimate of drug-likeness (QED) is 0.817. The Morgan fingerprint density at radius 3 is 2.68 bits per heavy atom. The van der Waals surface area contributed by atoms with Gasteiger partial charge in [0, 0.05) is 24.4 Å². The number of aromatic nitrogens is 1. The lowest BCUT2D eigenvalue weighted by Gasteiger charge is -2.13. The molecule has 4 nitrogen and oxygen atoms in total. The molecule has 0 aliphatic carbocycles. The van der Waals surface area contributed by atoms with Crippen LogP contribution < -0.4 is 5.32 Å². The van der Waals surface area contributed by atoms with Gasteiger partial charge >= 0.3 is 0 Å². The van der Waals surface area contributed by atoms with Crippen LogP contribution in [0.2, 0.25) is 5.15 Å². The van der Waals surface area contributed by atoms with Crippen molar-refractivity contribution in [1.29, 1.82) is 0 Å². The Morgan fingerprint density at radius 2 is 2.11 bits per heavy atom. The van der Waals surface area contributed by atoms with Gasteiger partial charge in [-0.05, 0) is 31.9 Å². The summed E-state index contributed by atoms with van der Waals surface area (Å²) in [5.41, 5.74) is 1.35. The van der Waals surface area contributed by atoms with Crippen molar-refractivity contribution in [1.82, 2.24) is 10.3 Å². The number of carbonyl (C=O) groups is 1. The van der Waals surface area contributed by atoms with Crippen LogP contribution in [0.5, 0.6) is 0 Å². The van der Waals surface area contributed by atoms with Crippen LogP contribution in [-0.2, 0) is 4.74 Å². The first kappa shape index (κ1) is 15.9. The van der Waals surface area contributed by atoms with Gasteiger partial charge < -0.3 is 10.1 Å². The largest absolute Gasteiger partial charge is 0.377 e. The molecular weight excluding hydrogens is 264 g/mol. The third kappa shape index (κ3) is 5.17. The Labute approximate surface area is 119 Å². The summed E-state index contributed by atoms with van der Waals surface area (Å²) >= 11 is 5.93. The Balaban J connectivity index is 2.71. The number of pyridine rings is 1. The maximum absolute atomic E-state index is 12.0. The van der Waals surface area contributed by atoms with Crippen molar-refractivity contribution < 1.29 is 9.53 Å². The van der Waals surface area contributed by atoms with Crippen molar-refractivity contribution in [2.75, 3.05) is 13.2 Å². The number of amides is 1. The lowest BCUT2D eigenvalue weighted by atomic mass is 10.1. The molecule has 0 aliphatic heterocycles. The number of hydrogen-bond acceptors (Lipinski definition) is 3. The molecule has 5 heteroatoms. The monoisotopic (exact) mass is 284 g/mol. The van der Waals surface area contributed by atoms with Gasteiger partial charge in [-0.3, -0.25) is 4.79 Å². The zero-order valence-corrected chi connectivity index (χ0v) is 12.6. The minimum absolute atomic E-state index is 0.00386. The molecule has 0 spiro atoms. The van der Waals surface area contributed by atoms with E-state index in [1.54, 1.807) is 12.1 Å². The van der Waals surface area contributed by atoms with Gasteiger partial charge in [0.1, 0.15) is 5.15 Å². The Hall–Kier alpha value is -1.13.